The molecule has 2 aromatic carbocycles. The molecule has 0 aromatic heterocycles. The summed E-state index contributed by atoms with van der Waals surface area (Å²) in [5.41, 5.74) is 0.649. The predicted octanol–water partition coefficient (Wildman–Crippen LogP) is 2.46. The van der Waals surface area contributed by atoms with Crippen molar-refractivity contribution in [2.75, 3.05) is 24.3 Å². The number of amides is 1. The van der Waals surface area contributed by atoms with Crippen molar-refractivity contribution in [2.45, 2.75) is 11.8 Å². The van der Waals surface area contributed by atoms with Crippen LogP contribution in [-0.4, -0.2) is 28.5 Å². The molecule has 0 fully saturated rings. The summed E-state index contributed by atoms with van der Waals surface area (Å²) in [7, 11) is -0.992. The van der Waals surface area contributed by atoms with E-state index in [0.717, 1.165) is 0 Å². The lowest BCUT2D eigenvalue weighted by molar-refractivity contribution is -0.114. The summed E-state index contributed by atoms with van der Waals surface area (Å²) in [6.45, 7) is 1.35. The number of carbonyl (C=O) groups excluding carboxylic acids is 1. The molecule has 0 atom stereocenters. The fourth-order valence-corrected chi connectivity index (χ4v) is 3.33. The quantitative estimate of drug-likeness (QED) is 0.835. The van der Waals surface area contributed by atoms with E-state index in [4.69, 9.17) is 9.47 Å². The number of rotatable bonds is 6. The number of ether oxygens (including phenoxy) is 2. The molecule has 1 amide bonds. The van der Waals surface area contributed by atoms with E-state index in [0.29, 0.717) is 11.4 Å². The monoisotopic (exact) mass is 350 g/mol. The lowest BCUT2D eigenvalue weighted by Gasteiger charge is -2.14. The Kier molecular flexibility index (Phi) is 5.30. The van der Waals surface area contributed by atoms with Crippen LogP contribution in [-0.2, 0) is 14.8 Å². The number of sulfonamides is 1. The van der Waals surface area contributed by atoms with Gasteiger partial charge in [-0.1, -0.05) is 12.1 Å². The number of nitrogens with one attached hydrogen (secondary N) is 2. The lowest BCUT2D eigenvalue weighted by Crippen LogP contribution is -2.14. The van der Waals surface area contributed by atoms with Gasteiger partial charge in [0.15, 0.2) is 0 Å². The van der Waals surface area contributed by atoms with E-state index >= 15 is 0 Å². The molecule has 2 aromatic rings. The summed E-state index contributed by atoms with van der Waals surface area (Å²) >= 11 is 0. The molecule has 2 N–H and O–H groups in total. The molecule has 24 heavy (non-hydrogen) atoms. The lowest BCUT2D eigenvalue weighted by atomic mass is 10.2. The normalized spacial score (nSPS) is 10.8. The standard InChI is InChI=1S/C16H18N2O5S/c1-11(19)17-13-10-12(8-9-14(13)22-2)18-24(20,21)16-7-5-4-6-15(16)23-3/h4-10,18H,1-3H3,(H,17,19). The Morgan fingerprint density at radius 2 is 1.67 bits per heavy atom. The summed E-state index contributed by atoms with van der Waals surface area (Å²) < 4.78 is 37.8. The summed E-state index contributed by atoms with van der Waals surface area (Å²) in [4.78, 5) is 11.3. The molecule has 128 valence electrons. The van der Waals surface area contributed by atoms with Gasteiger partial charge in [-0.25, -0.2) is 8.42 Å². The van der Waals surface area contributed by atoms with Crippen molar-refractivity contribution in [3.8, 4) is 11.5 Å². The minimum atomic E-state index is -3.85. The molecule has 0 bridgehead atoms. The molecule has 0 saturated carbocycles. The van der Waals surface area contributed by atoms with Crippen LogP contribution in [0.5, 0.6) is 11.5 Å². The molecule has 7 nitrogen and oxygen atoms in total. The first-order chi connectivity index (χ1) is 11.4. The van der Waals surface area contributed by atoms with Crippen LogP contribution in [0, 0.1) is 0 Å². The van der Waals surface area contributed by atoms with Crippen molar-refractivity contribution < 1.29 is 22.7 Å². The smallest absolute Gasteiger partial charge is 0.265 e. The van der Waals surface area contributed by atoms with Crippen LogP contribution >= 0.6 is 0 Å². The largest absolute Gasteiger partial charge is 0.495 e. The highest BCUT2D eigenvalue weighted by Crippen LogP contribution is 2.30. The number of benzene rings is 2. The molecule has 0 aliphatic carbocycles. The second-order valence-corrected chi connectivity index (χ2v) is 6.50. The maximum Gasteiger partial charge on any atom is 0.265 e. The molecule has 8 heteroatoms. The molecule has 0 radical (unpaired) electrons. The Hall–Kier alpha value is -2.74. The zero-order chi connectivity index (χ0) is 17.7. The molecular weight excluding hydrogens is 332 g/mol. The summed E-state index contributed by atoms with van der Waals surface area (Å²) in [5.74, 6) is 0.365. The molecule has 0 aliphatic heterocycles. The molecule has 0 aliphatic rings. The van der Waals surface area contributed by atoms with Crippen molar-refractivity contribution >= 4 is 27.3 Å². The summed E-state index contributed by atoms with van der Waals surface area (Å²) in [6.07, 6.45) is 0. The molecule has 0 heterocycles. The van der Waals surface area contributed by atoms with Crippen molar-refractivity contribution in [3.05, 3.63) is 42.5 Å². The van der Waals surface area contributed by atoms with Crippen molar-refractivity contribution in [1.29, 1.82) is 0 Å². The Morgan fingerprint density at radius 1 is 1.00 bits per heavy atom. The highest BCUT2D eigenvalue weighted by molar-refractivity contribution is 7.92. The number of hydrogen-bond donors (Lipinski definition) is 2. The van der Waals surface area contributed by atoms with Crippen molar-refractivity contribution in [1.82, 2.24) is 0 Å². The number of hydrogen-bond acceptors (Lipinski definition) is 5. The maximum absolute atomic E-state index is 12.6. The SMILES string of the molecule is COc1ccc(NS(=O)(=O)c2ccccc2OC)cc1NC(C)=O. The molecule has 0 spiro atoms. The molecule has 0 saturated heterocycles. The van der Waals surface area contributed by atoms with Crippen molar-refractivity contribution in [2.24, 2.45) is 0 Å². The predicted molar refractivity (Wildman–Crippen MR) is 91.1 cm³/mol. The second kappa shape index (κ2) is 7.22. The molecule has 0 unspecified atom stereocenters. The zero-order valence-electron chi connectivity index (χ0n) is 13.5. The number of para-hydroxylation sites is 1. The van der Waals surface area contributed by atoms with Gasteiger partial charge in [0.2, 0.25) is 5.91 Å². The summed E-state index contributed by atoms with van der Waals surface area (Å²) in [6, 6.07) is 10.9. The van der Waals surface area contributed by atoms with E-state index in [1.807, 2.05) is 0 Å². The van der Waals surface area contributed by atoms with Gasteiger partial charge in [0.25, 0.3) is 10.0 Å². The van der Waals surface area contributed by atoms with Gasteiger partial charge in [-0.05, 0) is 30.3 Å². The molecular formula is C16H18N2O5S. The summed E-state index contributed by atoms with van der Waals surface area (Å²) in [5, 5.41) is 2.59. The Labute approximate surface area is 140 Å². The van der Waals surface area contributed by atoms with Crippen LogP contribution in [0.4, 0.5) is 11.4 Å². The average molecular weight is 350 g/mol. The third-order valence-electron chi connectivity index (χ3n) is 3.12. The van der Waals surface area contributed by atoms with Gasteiger partial charge in [-0.3, -0.25) is 9.52 Å². The number of anilines is 2. The first-order valence-electron chi connectivity index (χ1n) is 6.99. The third-order valence-corrected chi connectivity index (χ3v) is 4.54. The maximum atomic E-state index is 12.6. The topological polar surface area (TPSA) is 93.7 Å². The van der Waals surface area contributed by atoms with E-state index in [1.165, 1.54) is 39.3 Å². The van der Waals surface area contributed by atoms with Gasteiger partial charge in [-0.2, -0.15) is 0 Å². The first kappa shape index (κ1) is 17.6. The van der Waals surface area contributed by atoms with E-state index in [1.54, 1.807) is 24.3 Å². The van der Waals surface area contributed by atoms with E-state index < -0.39 is 10.0 Å². The Bertz CT molecular complexity index is 849. The zero-order valence-corrected chi connectivity index (χ0v) is 14.3. The first-order valence-corrected chi connectivity index (χ1v) is 8.47. The highest BCUT2D eigenvalue weighted by Gasteiger charge is 2.19. The number of methoxy groups -OCH3 is 2. The van der Waals surface area contributed by atoms with E-state index in [2.05, 4.69) is 10.0 Å². The van der Waals surface area contributed by atoms with Crippen LogP contribution in [0.1, 0.15) is 6.92 Å². The third kappa shape index (κ3) is 3.96. The average Bonchev–Trinajstić information content (AvgIpc) is 2.54. The van der Waals surface area contributed by atoms with Crippen LogP contribution < -0.4 is 19.5 Å². The van der Waals surface area contributed by atoms with E-state index in [-0.39, 0.29) is 22.2 Å². The highest BCUT2D eigenvalue weighted by atomic mass is 32.2. The van der Waals surface area contributed by atoms with Gasteiger partial charge in [0, 0.05) is 6.92 Å². The minimum absolute atomic E-state index is 0.0180. The van der Waals surface area contributed by atoms with Crippen LogP contribution in [0.15, 0.2) is 47.4 Å². The fourth-order valence-electron chi connectivity index (χ4n) is 2.11. The number of carbonyl (C=O) groups is 1. The van der Waals surface area contributed by atoms with Crippen LogP contribution in [0.3, 0.4) is 0 Å². The van der Waals surface area contributed by atoms with Gasteiger partial charge in [0.05, 0.1) is 25.6 Å². The minimum Gasteiger partial charge on any atom is -0.495 e. The fraction of sp³-hybridized carbons (Fsp3) is 0.188. The van der Waals surface area contributed by atoms with Crippen LogP contribution in [0.2, 0.25) is 0 Å². The van der Waals surface area contributed by atoms with Gasteiger partial charge >= 0.3 is 0 Å². The Morgan fingerprint density at radius 3 is 2.29 bits per heavy atom. The van der Waals surface area contributed by atoms with Crippen molar-refractivity contribution in [3.63, 3.8) is 0 Å². The Balaban J connectivity index is 2.37. The molecule has 2 rings (SSSR count). The second-order valence-electron chi connectivity index (χ2n) is 4.85. The van der Waals surface area contributed by atoms with E-state index in [9.17, 15) is 13.2 Å². The van der Waals surface area contributed by atoms with Crippen LogP contribution in [0.25, 0.3) is 0 Å². The van der Waals surface area contributed by atoms with Gasteiger partial charge in [0.1, 0.15) is 16.4 Å². The van der Waals surface area contributed by atoms with Gasteiger partial charge in [-0.15, -0.1) is 0 Å². The van der Waals surface area contributed by atoms with Gasteiger partial charge < -0.3 is 14.8 Å².